The first-order valence-electron chi connectivity index (χ1n) is 2.78. The fourth-order valence-electron chi connectivity index (χ4n) is 0.741. The number of nitrogens with zero attached hydrogens (tertiary/aromatic N) is 1. The van der Waals surface area contributed by atoms with Crippen molar-refractivity contribution in [3.63, 3.8) is 0 Å². The molecule has 0 spiro atoms. The number of hydrogen-bond donors (Lipinski definition) is 1. The smallest absolute Gasteiger partial charge is 0.248 e. The lowest BCUT2D eigenvalue weighted by Crippen LogP contribution is -2.18. The van der Waals surface area contributed by atoms with Gasteiger partial charge in [-0.1, -0.05) is 0 Å². The predicted molar refractivity (Wildman–Crippen MR) is 29.3 cm³/mol. The number of carbonyl (C=O) groups is 1. The third-order valence-electron chi connectivity index (χ3n) is 1.26. The predicted octanol–water partition coefficient (Wildman–Crippen LogP) is -0.859. The van der Waals surface area contributed by atoms with Gasteiger partial charge in [-0.15, -0.1) is 0 Å². The van der Waals surface area contributed by atoms with E-state index in [1.807, 2.05) is 0 Å². The molecule has 1 unspecified atom stereocenters. The van der Waals surface area contributed by atoms with Gasteiger partial charge >= 0.3 is 0 Å². The second kappa shape index (κ2) is 2.33. The van der Waals surface area contributed by atoms with Crippen LogP contribution in [0.1, 0.15) is 6.42 Å². The number of aliphatic hydroxyl groups is 1. The fourth-order valence-corrected chi connectivity index (χ4v) is 0.741. The zero-order chi connectivity index (χ0) is 6.85. The van der Waals surface area contributed by atoms with Crippen molar-refractivity contribution in [2.75, 3.05) is 13.7 Å². The Labute approximate surface area is 53.0 Å². The van der Waals surface area contributed by atoms with Crippen molar-refractivity contribution in [1.82, 2.24) is 5.06 Å². The Bertz CT molecular complexity index is 125. The lowest BCUT2D eigenvalue weighted by atomic mass is 10.3. The summed E-state index contributed by atoms with van der Waals surface area (Å²) in [5.74, 6) is -0.0750. The van der Waals surface area contributed by atoms with E-state index in [-0.39, 0.29) is 18.6 Å². The van der Waals surface area contributed by atoms with Gasteiger partial charge in [-0.2, -0.15) is 0 Å². The van der Waals surface area contributed by atoms with Gasteiger partial charge in [0.1, 0.15) is 6.10 Å². The quantitative estimate of drug-likeness (QED) is 0.504. The molecular weight excluding hydrogens is 122 g/mol. The van der Waals surface area contributed by atoms with Crippen LogP contribution in [0.4, 0.5) is 0 Å². The molecule has 9 heavy (non-hydrogen) atoms. The maximum absolute atomic E-state index is 10.6. The van der Waals surface area contributed by atoms with Crippen LogP contribution in [-0.4, -0.2) is 35.8 Å². The van der Waals surface area contributed by atoms with Crippen molar-refractivity contribution in [1.29, 1.82) is 0 Å². The summed E-state index contributed by atoms with van der Waals surface area (Å²) < 4.78 is 0. The van der Waals surface area contributed by atoms with Gasteiger partial charge in [-0.25, -0.2) is 5.06 Å². The molecule has 1 atom stereocenters. The van der Waals surface area contributed by atoms with Gasteiger partial charge in [0.05, 0.1) is 13.0 Å². The molecule has 0 bridgehead atoms. The molecular formula is C5H9NO3. The molecule has 0 aromatic carbocycles. The summed E-state index contributed by atoms with van der Waals surface area (Å²) in [6, 6.07) is 0. The third-order valence-corrected chi connectivity index (χ3v) is 1.26. The Kier molecular flexibility index (Phi) is 1.68. The zero-order valence-corrected chi connectivity index (χ0v) is 5.20. The summed E-state index contributed by atoms with van der Waals surface area (Å²) in [6.45, 7) is -0.0872. The van der Waals surface area contributed by atoms with Crippen LogP contribution in [0.5, 0.6) is 0 Å². The SMILES string of the molecule is CN1OC(CO)CC1=O. The highest BCUT2D eigenvalue weighted by atomic mass is 16.7. The van der Waals surface area contributed by atoms with E-state index < -0.39 is 0 Å². The maximum atomic E-state index is 10.6. The number of carbonyl (C=O) groups excluding carboxylic acids is 1. The molecule has 4 nitrogen and oxygen atoms in total. The summed E-state index contributed by atoms with van der Waals surface area (Å²) >= 11 is 0. The number of aliphatic hydroxyl groups excluding tert-OH is 1. The molecule has 4 heteroatoms. The van der Waals surface area contributed by atoms with Gasteiger partial charge in [-0.05, 0) is 0 Å². The Morgan fingerprint density at radius 3 is 2.89 bits per heavy atom. The van der Waals surface area contributed by atoms with Crippen molar-refractivity contribution >= 4 is 5.91 Å². The molecule has 0 aliphatic carbocycles. The standard InChI is InChI=1S/C5H9NO3/c1-6-5(8)2-4(3-7)9-6/h4,7H,2-3H2,1H3. The molecule has 1 saturated heterocycles. The van der Waals surface area contributed by atoms with Crippen LogP contribution in [-0.2, 0) is 9.63 Å². The molecule has 0 radical (unpaired) electrons. The average Bonchev–Trinajstić information content (AvgIpc) is 2.13. The molecule has 0 aromatic rings. The molecule has 52 valence electrons. The van der Waals surface area contributed by atoms with Gasteiger partial charge in [0.15, 0.2) is 0 Å². The molecule has 1 N–H and O–H groups in total. The summed E-state index contributed by atoms with van der Waals surface area (Å²) in [5.41, 5.74) is 0. The Morgan fingerprint density at radius 2 is 2.67 bits per heavy atom. The molecule has 0 aromatic heterocycles. The lowest BCUT2D eigenvalue weighted by molar-refractivity contribution is -0.167. The summed E-state index contributed by atoms with van der Waals surface area (Å²) in [6.07, 6.45) is -0.0185. The van der Waals surface area contributed by atoms with E-state index in [0.717, 1.165) is 5.06 Å². The highest BCUT2D eigenvalue weighted by Crippen LogP contribution is 2.11. The molecule has 1 heterocycles. The average molecular weight is 131 g/mol. The normalized spacial score (nSPS) is 27.6. The molecule has 1 aliphatic rings. The van der Waals surface area contributed by atoms with Gasteiger partial charge in [-0.3, -0.25) is 9.63 Å². The minimum absolute atomic E-state index is 0.0750. The number of rotatable bonds is 1. The molecule has 1 fully saturated rings. The van der Waals surface area contributed by atoms with E-state index in [1.165, 1.54) is 7.05 Å². The molecule has 1 amide bonds. The number of hydroxylamine groups is 2. The highest BCUT2D eigenvalue weighted by molar-refractivity contribution is 5.76. The van der Waals surface area contributed by atoms with Gasteiger partial charge < -0.3 is 5.11 Å². The lowest BCUT2D eigenvalue weighted by Gasteiger charge is -2.07. The van der Waals surface area contributed by atoms with E-state index in [9.17, 15) is 4.79 Å². The van der Waals surface area contributed by atoms with E-state index in [2.05, 4.69) is 0 Å². The van der Waals surface area contributed by atoms with Crippen LogP contribution in [0, 0.1) is 0 Å². The monoisotopic (exact) mass is 131 g/mol. The Hall–Kier alpha value is -0.610. The van der Waals surface area contributed by atoms with Gasteiger partial charge in [0.2, 0.25) is 5.91 Å². The summed E-state index contributed by atoms with van der Waals surface area (Å²) in [7, 11) is 1.54. The third kappa shape index (κ3) is 1.20. The Balaban J connectivity index is 2.44. The van der Waals surface area contributed by atoms with Crippen molar-refractivity contribution in [2.45, 2.75) is 12.5 Å². The summed E-state index contributed by atoms with van der Waals surface area (Å²) in [5, 5.41) is 9.65. The topological polar surface area (TPSA) is 49.8 Å². The first-order chi connectivity index (χ1) is 4.24. The van der Waals surface area contributed by atoms with Gasteiger partial charge in [0, 0.05) is 7.05 Å². The van der Waals surface area contributed by atoms with Crippen molar-refractivity contribution in [2.24, 2.45) is 0 Å². The highest BCUT2D eigenvalue weighted by Gasteiger charge is 2.26. The van der Waals surface area contributed by atoms with E-state index in [1.54, 1.807) is 0 Å². The van der Waals surface area contributed by atoms with Crippen molar-refractivity contribution < 1.29 is 14.7 Å². The van der Waals surface area contributed by atoms with Crippen LogP contribution < -0.4 is 0 Å². The number of amides is 1. The van der Waals surface area contributed by atoms with Crippen LogP contribution in [0.2, 0.25) is 0 Å². The van der Waals surface area contributed by atoms with E-state index in [4.69, 9.17) is 9.94 Å². The van der Waals surface area contributed by atoms with E-state index in [0.29, 0.717) is 6.42 Å². The second-order valence-electron chi connectivity index (χ2n) is 2.01. The van der Waals surface area contributed by atoms with E-state index >= 15 is 0 Å². The first-order valence-corrected chi connectivity index (χ1v) is 2.78. The molecule has 1 aliphatic heterocycles. The molecule has 0 saturated carbocycles. The van der Waals surface area contributed by atoms with Crippen molar-refractivity contribution in [3.8, 4) is 0 Å². The first kappa shape index (κ1) is 6.51. The van der Waals surface area contributed by atoms with Crippen LogP contribution in [0.25, 0.3) is 0 Å². The Morgan fingerprint density at radius 1 is 2.00 bits per heavy atom. The largest absolute Gasteiger partial charge is 0.394 e. The second-order valence-corrected chi connectivity index (χ2v) is 2.01. The maximum Gasteiger partial charge on any atom is 0.248 e. The van der Waals surface area contributed by atoms with Crippen molar-refractivity contribution in [3.05, 3.63) is 0 Å². The fraction of sp³-hybridized carbons (Fsp3) is 0.800. The van der Waals surface area contributed by atoms with Crippen LogP contribution >= 0.6 is 0 Å². The summed E-state index contributed by atoms with van der Waals surface area (Å²) in [4.78, 5) is 15.5. The number of hydrogen-bond acceptors (Lipinski definition) is 3. The molecule has 1 rings (SSSR count). The minimum Gasteiger partial charge on any atom is -0.394 e. The van der Waals surface area contributed by atoms with Crippen LogP contribution in [0.3, 0.4) is 0 Å². The zero-order valence-electron chi connectivity index (χ0n) is 5.20. The van der Waals surface area contributed by atoms with Crippen LogP contribution in [0.15, 0.2) is 0 Å². The van der Waals surface area contributed by atoms with Gasteiger partial charge in [0.25, 0.3) is 0 Å². The minimum atomic E-state index is -0.317.